The lowest BCUT2D eigenvalue weighted by molar-refractivity contribution is -0.0511. The molecular formula is C16H24N5O8P. The van der Waals surface area contributed by atoms with Crippen LogP contribution in [0.2, 0.25) is 0 Å². The second-order valence-electron chi connectivity index (χ2n) is 7.73. The number of hydrogen-bond acceptors (Lipinski definition) is 9. The number of ether oxygens (including phenoxy) is 1. The fraction of sp³-hybridized carbons (Fsp3) is 0.688. The van der Waals surface area contributed by atoms with Gasteiger partial charge in [-0.3, -0.25) is 18.9 Å². The molecule has 1 saturated heterocycles. The van der Waals surface area contributed by atoms with Crippen molar-refractivity contribution >= 4 is 24.7 Å². The molecular weight excluding hydrogens is 421 g/mol. The van der Waals surface area contributed by atoms with Gasteiger partial charge in [0, 0.05) is 0 Å². The Bertz CT molecular complexity index is 1030. The van der Waals surface area contributed by atoms with Gasteiger partial charge in [0.25, 0.3) is 5.56 Å². The number of aromatic nitrogens is 4. The molecule has 4 atom stereocenters. The number of fused-ring (bicyclic) bond motifs is 1. The molecule has 2 aliphatic rings. The highest BCUT2D eigenvalue weighted by Gasteiger charge is 2.48. The lowest BCUT2D eigenvalue weighted by Gasteiger charge is -2.38. The lowest BCUT2D eigenvalue weighted by Crippen LogP contribution is -2.41. The van der Waals surface area contributed by atoms with Crippen molar-refractivity contribution in [1.82, 2.24) is 19.5 Å². The van der Waals surface area contributed by atoms with Crippen LogP contribution in [-0.4, -0.2) is 74.8 Å². The molecule has 0 bridgehead atoms. The Morgan fingerprint density at radius 3 is 2.57 bits per heavy atom. The molecule has 3 heterocycles. The van der Waals surface area contributed by atoms with E-state index >= 15 is 0 Å². The van der Waals surface area contributed by atoms with Gasteiger partial charge in [0.05, 0.1) is 12.9 Å². The molecule has 2 aromatic rings. The largest absolute Gasteiger partial charge is 0.394 e. The first-order valence-electron chi connectivity index (χ1n) is 9.60. The molecule has 7 N–H and O–H groups in total. The summed E-state index contributed by atoms with van der Waals surface area (Å²) in [6, 6.07) is 0. The van der Waals surface area contributed by atoms with Crippen molar-refractivity contribution in [3.05, 3.63) is 16.7 Å². The topological polar surface area (TPSA) is 203 Å². The van der Waals surface area contributed by atoms with Crippen LogP contribution in [-0.2, 0) is 9.30 Å². The standard InChI is InChI=1S/C16H24N5O8P/c22-6-8-10(23)11(24)14(29-8)21-7-17-9-12(21)18-15(19-13(9)25)20-16(30(26,27)28)4-2-1-3-5-16/h7-8,10-11,14,22-24H,1-6H2,(H2,26,27,28)(H2,18,19,20,25)/t8-,10-,11-,14-/m1/s1. The SMILES string of the molecule is O=c1[nH]c(NC2(P(=O)(O)O)CCCCC2)nc2c1ncn2[C@@H]1O[C@H](CO)[C@@H](O)[C@H]1O. The first kappa shape index (κ1) is 21.4. The monoisotopic (exact) mass is 445 g/mol. The van der Waals surface area contributed by atoms with Gasteiger partial charge in [0.1, 0.15) is 23.6 Å². The summed E-state index contributed by atoms with van der Waals surface area (Å²) in [7, 11) is -4.58. The number of aliphatic hydroxyl groups is 3. The van der Waals surface area contributed by atoms with E-state index in [1.807, 2.05) is 0 Å². The predicted molar refractivity (Wildman–Crippen MR) is 103 cm³/mol. The van der Waals surface area contributed by atoms with Gasteiger partial charge in [-0.25, -0.2) is 4.98 Å². The van der Waals surface area contributed by atoms with Crippen molar-refractivity contribution < 1.29 is 34.4 Å². The third-order valence-corrected chi connectivity index (χ3v) is 7.49. The molecule has 13 nitrogen and oxygen atoms in total. The van der Waals surface area contributed by atoms with Crippen LogP contribution >= 0.6 is 7.60 Å². The number of aliphatic hydroxyl groups excluding tert-OH is 3. The zero-order valence-corrected chi connectivity index (χ0v) is 16.8. The zero-order chi connectivity index (χ0) is 21.7. The van der Waals surface area contributed by atoms with Crippen LogP contribution in [0.4, 0.5) is 5.95 Å². The maximum absolute atomic E-state index is 12.5. The molecule has 1 aliphatic carbocycles. The van der Waals surface area contributed by atoms with Crippen LogP contribution in [0.1, 0.15) is 38.3 Å². The van der Waals surface area contributed by atoms with Crippen molar-refractivity contribution in [2.45, 2.75) is 61.9 Å². The summed E-state index contributed by atoms with van der Waals surface area (Å²) in [5.41, 5.74) is -0.732. The van der Waals surface area contributed by atoms with E-state index in [0.717, 1.165) is 6.42 Å². The Morgan fingerprint density at radius 2 is 1.97 bits per heavy atom. The normalized spacial score (nSPS) is 29.4. The van der Waals surface area contributed by atoms with E-state index in [4.69, 9.17) is 4.74 Å². The third kappa shape index (κ3) is 3.46. The van der Waals surface area contributed by atoms with Crippen molar-refractivity contribution in [2.75, 3.05) is 11.9 Å². The van der Waals surface area contributed by atoms with Gasteiger partial charge in [0.15, 0.2) is 17.4 Å². The summed E-state index contributed by atoms with van der Waals surface area (Å²) in [5, 5.41) is 30.8. The van der Waals surface area contributed by atoms with Crippen LogP contribution in [0.3, 0.4) is 0 Å². The maximum Gasteiger partial charge on any atom is 0.350 e. The molecule has 0 spiro atoms. The Balaban J connectivity index is 1.74. The Morgan fingerprint density at radius 1 is 1.27 bits per heavy atom. The van der Waals surface area contributed by atoms with Crippen LogP contribution < -0.4 is 10.9 Å². The highest BCUT2D eigenvalue weighted by Crippen LogP contribution is 2.57. The van der Waals surface area contributed by atoms with Crippen molar-refractivity contribution in [1.29, 1.82) is 0 Å². The number of hydrogen-bond donors (Lipinski definition) is 7. The van der Waals surface area contributed by atoms with Crippen molar-refractivity contribution in [3.63, 3.8) is 0 Å². The fourth-order valence-corrected chi connectivity index (χ4v) is 5.28. The molecule has 166 valence electrons. The summed E-state index contributed by atoms with van der Waals surface area (Å²) in [4.78, 5) is 43.1. The van der Waals surface area contributed by atoms with Gasteiger partial charge < -0.3 is 35.2 Å². The summed E-state index contributed by atoms with van der Waals surface area (Å²) in [6.07, 6.45) is -1.22. The number of rotatable bonds is 5. The molecule has 0 unspecified atom stereocenters. The molecule has 14 heteroatoms. The number of nitrogens with one attached hydrogen (secondary N) is 2. The second-order valence-corrected chi connectivity index (χ2v) is 9.67. The Hall–Kier alpha value is -1.86. The van der Waals surface area contributed by atoms with Crippen LogP contribution in [0.25, 0.3) is 11.2 Å². The van der Waals surface area contributed by atoms with Gasteiger partial charge in [-0.2, -0.15) is 4.98 Å². The van der Waals surface area contributed by atoms with Gasteiger partial charge in [0.2, 0.25) is 5.95 Å². The lowest BCUT2D eigenvalue weighted by atomic mass is 9.95. The van der Waals surface area contributed by atoms with Crippen LogP contribution in [0, 0.1) is 0 Å². The van der Waals surface area contributed by atoms with E-state index in [0.29, 0.717) is 12.8 Å². The number of imidazole rings is 1. The van der Waals surface area contributed by atoms with Gasteiger partial charge in [-0.1, -0.05) is 19.3 Å². The molecule has 4 rings (SSSR count). The summed E-state index contributed by atoms with van der Waals surface area (Å²) >= 11 is 0. The van der Waals surface area contributed by atoms with E-state index in [1.54, 1.807) is 0 Å². The van der Waals surface area contributed by atoms with Gasteiger partial charge in [-0.15, -0.1) is 0 Å². The third-order valence-electron chi connectivity index (χ3n) is 5.81. The van der Waals surface area contributed by atoms with Crippen molar-refractivity contribution in [2.24, 2.45) is 0 Å². The van der Waals surface area contributed by atoms with Gasteiger partial charge >= 0.3 is 7.60 Å². The molecule has 0 radical (unpaired) electrons. The quantitative estimate of drug-likeness (QED) is 0.278. The summed E-state index contributed by atoms with van der Waals surface area (Å²) in [5.74, 6) is -0.147. The fourth-order valence-electron chi connectivity index (χ4n) is 4.13. The minimum absolute atomic E-state index is 0.00670. The molecule has 30 heavy (non-hydrogen) atoms. The smallest absolute Gasteiger partial charge is 0.350 e. The molecule has 1 aliphatic heterocycles. The Kier molecular flexibility index (Phi) is 5.47. The molecule has 1 saturated carbocycles. The zero-order valence-electron chi connectivity index (χ0n) is 15.9. The van der Waals surface area contributed by atoms with E-state index in [-0.39, 0.29) is 30.0 Å². The number of anilines is 1. The minimum Gasteiger partial charge on any atom is -0.394 e. The summed E-state index contributed by atoms with van der Waals surface area (Å²) < 4.78 is 18.9. The van der Waals surface area contributed by atoms with E-state index in [9.17, 15) is 34.5 Å². The minimum atomic E-state index is -4.58. The van der Waals surface area contributed by atoms with E-state index in [1.165, 1.54) is 10.9 Å². The maximum atomic E-state index is 12.5. The van der Waals surface area contributed by atoms with Gasteiger partial charge in [-0.05, 0) is 12.8 Å². The average Bonchev–Trinajstić information content (AvgIpc) is 3.23. The Labute approximate surface area is 169 Å². The molecule has 0 aromatic carbocycles. The second kappa shape index (κ2) is 7.68. The van der Waals surface area contributed by atoms with E-state index in [2.05, 4.69) is 20.3 Å². The molecule has 0 amide bonds. The predicted octanol–water partition coefficient (Wildman–Crippen LogP) is -1.02. The number of H-pyrrole nitrogens is 1. The van der Waals surface area contributed by atoms with Crippen molar-refractivity contribution in [3.8, 4) is 0 Å². The first-order valence-corrected chi connectivity index (χ1v) is 11.2. The molecule has 2 fully saturated rings. The average molecular weight is 445 g/mol. The first-order chi connectivity index (χ1) is 14.2. The van der Waals surface area contributed by atoms with Crippen LogP contribution in [0.15, 0.2) is 11.1 Å². The summed E-state index contributed by atoms with van der Waals surface area (Å²) in [6.45, 7) is -0.521. The van der Waals surface area contributed by atoms with Crippen LogP contribution in [0.5, 0.6) is 0 Å². The number of nitrogens with zero attached hydrogens (tertiary/aromatic N) is 3. The molecule has 2 aromatic heterocycles. The number of aromatic amines is 1. The highest BCUT2D eigenvalue weighted by atomic mass is 31.2. The highest BCUT2D eigenvalue weighted by molar-refractivity contribution is 7.53. The van der Waals surface area contributed by atoms with E-state index < -0.39 is 49.6 Å².